The molecule has 2 N–H and O–H groups in total. The number of hydrogen-bond acceptors (Lipinski definition) is 5. The Labute approximate surface area is 206 Å². The predicted molar refractivity (Wildman–Crippen MR) is 125 cm³/mol. The molecule has 0 aromatic heterocycles. The number of alkyl halides is 6. The van der Waals surface area contributed by atoms with Crippen LogP contribution in [0.15, 0.2) is 0 Å². The second kappa shape index (κ2) is 15.0. The van der Waals surface area contributed by atoms with E-state index < -0.39 is 41.7 Å². The van der Waals surface area contributed by atoms with Crippen molar-refractivity contribution >= 4 is 19.7 Å². The van der Waals surface area contributed by atoms with Crippen molar-refractivity contribution in [1.29, 1.82) is 0 Å². The molecule has 0 unspecified atom stereocenters. The molecule has 1 aliphatic rings. The van der Waals surface area contributed by atoms with E-state index in [1.165, 1.54) is 49.8 Å². The predicted octanol–water partition coefficient (Wildman–Crippen LogP) is 5.29. The number of halogens is 6. The summed E-state index contributed by atoms with van der Waals surface area (Å²) in [6.07, 6.45) is 7.67. The van der Waals surface area contributed by atoms with Crippen LogP contribution in [-0.2, 0) is 19.7 Å². The van der Waals surface area contributed by atoms with E-state index in [2.05, 4.69) is 14.0 Å². The second-order valence-corrected chi connectivity index (χ2v) is 13.9. The van der Waals surface area contributed by atoms with Crippen LogP contribution in [0.4, 0.5) is 26.3 Å². The molecule has 1 aliphatic heterocycles. The maximum absolute atomic E-state index is 12.5. The van der Waals surface area contributed by atoms with Crippen LogP contribution < -0.4 is 5.73 Å². The summed E-state index contributed by atoms with van der Waals surface area (Å²) < 4.78 is 118. The van der Waals surface area contributed by atoms with E-state index in [1.54, 1.807) is 0 Å². The van der Waals surface area contributed by atoms with Gasteiger partial charge in [0.25, 0.3) is 19.7 Å². The van der Waals surface area contributed by atoms with Gasteiger partial charge in [-0.05, 0) is 45.1 Å². The molecule has 0 bridgehead atoms. The molecule has 6 nitrogen and oxygen atoms in total. The molecule has 1 heterocycles. The number of piperidine rings is 1. The smallest absolute Gasteiger partial charge is 0.330 e. The van der Waals surface area contributed by atoms with Crippen molar-refractivity contribution in [2.45, 2.75) is 99.6 Å². The molecule has 0 spiro atoms. The Morgan fingerprint density at radius 3 is 1.51 bits per heavy atom. The largest absolute Gasteiger partial charge is 0.498 e. The fraction of sp³-hybridized carbons (Fsp3) is 1.00. The van der Waals surface area contributed by atoms with Gasteiger partial charge in [0.2, 0.25) is 0 Å². The highest BCUT2D eigenvalue weighted by Gasteiger charge is 2.62. The molecule has 0 amide bonds. The number of sulfone groups is 2. The number of nitrogens with zero attached hydrogens (tertiary/aromatic N) is 1. The monoisotopic (exact) mass is 563 g/mol. The topological polar surface area (TPSA) is 94.3 Å². The molecule has 35 heavy (non-hydrogen) atoms. The van der Waals surface area contributed by atoms with Crippen LogP contribution in [0.5, 0.6) is 0 Å². The molecule has 14 heteroatoms. The zero-order valence-corrected chi connectivity index (χ0v) is 22.3. The van der Waals surface area contributed by atoms with Crippen molar-refractivity contribution in [2.75, 3.05) is 33.2 Å². The standard InChI is InChI=1S/C12H21F6NO4S2.C9H20N/c13-11(14,15)24(20,21)10(25(22,23)12(16,17)18)8-6-4-2-1-3-5-7-9-19;1-3-7-10(2)8-5-4-6-9-10/h10H,1-9,19H2;3-9H2,1-2H3/q;+1. The molecule has 0 aromatic rings. The summed E-state index contributed by atoms with van der Waals surface area (Å²) in [6, 6.07) is 0. The van der Waals surface area contributed by atoms with Crippen molar-refractivity contribution in [1.82, 2.24) is 0 Å². The summed E-state index contributed by atoms with van der Waals surface area (Å²) in [5, 5.41) is 0. The first kappa shape index (κ1) is 34.4. The Morgan fingerprint density at radius 1 is 0.743 bits per heavy atom. The normalized spacial score (nSPS) is 17.2. The fourth-order valence-corrected chi connectivity index (χ4v) is 7.69. The molecular formula is C21H41F6N2O4S2+. The van der Waals surface area contributed by atoms with E-state index in [4.69, 9.17) is 5.73 Å². The Kier molecular flexibility index (Phi) is 14.7. The molecular weight excluding hydrogens is 522 g/mol. The lowest BCUT2D eigenvalue weighted by atomic mass is 10.1. The molecule has 0 aliphatic carbocycles. The number of likely N-dealkylation sites (tertiary alicyclic amines) is 1. The molecule has 0 aromatic carbocycles. The van der Waals surface area contributed by atoms with Gasteiger partial charge < -0.3 is 10.2 Å². The van der Waals surface area contributed by atoms with Crippen LogP contribution in [0.3, 0.4) is 0 Å². The number of rotatable bonds is 13. The maximum Gasteiger partial charge on any atom is 0.498 e. The highest BCUT2D eigenvalue weighted by molar-refractivity contribution is 8.09. The summed E-state index contributed by atoms with van der Waals surface area (Å²) in [7, 11) is -10.6. The Bertz CT molecular complexity index is 744. The molecule has 0 saturated carbocycles. The van der Waals surface area contributed by atoms with E-state index in [-0.39, 0.29) is 12.8 Å². The van der Waals surface area contributed by atoms with Crippen LogP contribution in [0.25, 0.3) is 0 Å². The van der Waals surface area contributed by atoms with E-state index in [9.17, 15) is 43.2 Å². The van der Waals surface area contributed by atoms with Gasteiger partial charge in [0.1, 0.15) is 0 Å². The van der Waals surface area contributed by atoms with E-state index in [0.717, 1.165) is 19.3 Å². The quantitative estimate of drug-likeness (QED) is 0.187. The van der Waals surface area contributed by atoms with E-state index in [1.807, 2.05) is 0 Å². The average Bonchev–Trinajstić information content (AvgIpc) is 2.71. The van der Waals surface area contributed by atoms with Crippen LogP contribution in [0.2, 0.25) is 0 Å². The van der Waals surface area contributed by atoms with Crippen molar-refractivity contribution in [3.8, 4) is 0 Å². The van der Waals surface area contributed by atoms with Crippen LogP contribution in [0.1, 0.15) is 84.0 Å². The molecule has 0 radical (unpaired) electrons. The molecule has 0 atom stereocenters. The van der Waals surface area contributed by atoms with Crippen LogP contribution in [0, 0.1) is 0 Å². The number of nitrogens with two attached hydrogens (primary N) is 1. The van der Waals surface area contributed by atoms with E-state index in [0.29, 0.717) is 19.4 Å². The van der Waals surface area contributed by atoms with Gasteiger partial charge in [-0.25, -0.2) is 16.8 Å². The lowest BCUT2D eigenvalue weighted by molar-refractivity contribution is -0.914. The number of unbranched alkanes of at least 4 members (excludes halogenated alkanes) is 6. The Hall–Kier alpha value is -0.600. The van der Waals surface area contributed by atoms with Gasteiger partial charge in [-0.3, -0.25) is 0 Å². The van der Waals surface area contributed by atoms with Gasteiger partial charge in [0, 0.05) is 0 Å². The second-order valence-electron chi connectivity index (χ2n) is 9.31. The van der Waals surface area contributed by atoms with Gasteiger partial charge in [-0.2, -0.15) is 26.3 Å². The lowest BCUT2D eigenvalue weighted by Crippen LogP contribution is -2.48. The molecule has 212 valence electrons. The first-order chi connectivity index (χ1) is 16.0. The van der Waals surface area contributed by atoms with Crippen molar-refractivity contribution in [3.63, 3.8) is 0 Å². The highest BCUT2D eigenvalue weighted by atomic mass is 32.3. The van der Waals surface area contributed by atoms with Crippen molar-refractivity contribution < 1.29 is 47.7 Å². The third-order valence-corrected chi connectivity index (χ3v) is 10.8. The SMILES string of the molecule is CCC[N+]1(C)CCCCC1.NCCCCCCCCCC(S(=O)(=O)C(F)(F)F)S(=O)(=O)C(F)(F)F. The third kappa shape index (κ3) is 11.5. The van der Waals surface area contributed by atoms with Gasteiger partial charge in [-0.15, -0.1) is 0 Å². The summed E-state index contributed by atoms with van der Waals surface area (Å²) in [5.74, 6) is 0. The first-order valence-corrected chi connectivity index (χ1v) is 15.2. The van der Waals surface area contributed by atoms with Crippen molar-refractivity contribution in [3.05, 3.63) is 0 Å². The lowest BCUT2D eigenvalue weighted by Gasteiger charge is -2.37. The molecule has 1 saturated heterocycles. The van der Waals surface area contributed by atoms with Gasteiger partial charge in [0.15, 0.2) is 4.58 Å². The van der Waals surface area contributed by atoms with Crippen LogP contribution in [-0.4, -0.2) is 70.1 Å². The van der Waals surface area contributed by atoms with Gasteiger partial charge >= 0.3 is 11.0 Å². The zero-order valence-electron chi connectivity index (χ0n) is 20.6. The Balaban J connectivity index is 0.000000952. The first-order valence-electron chi connectivity index (χ1n) is 12.1. The average molecular weight is 564 g/mol. The highest BCUT2D eigenvalue weighted by Crippen LogP contribution is 2.38. The Morgan fingerprint density at radius 2 is 1.14 bits per heavy atom. The fourth-order valence-electron chi connectivity index (χ4n) is 4.15. The molecule has 1 rings (SSSR count). The molecule has 1 fully saturated rings. The van der Waals surface area contributed by atoms with Gasteiger partial charge in [-0.1, -0.05) is 45.4 Å². The van der Waals surface area contributed by atoms with Crippen molar-refractivity contribution in [2.24, 2.45) is 5.73 Å². The summed E-state index contributed by atoms with van der Waals surface area (Å²) >= 11 is 0. The summed E-state index contributed by atoms with van der Waals surface area (Å²) in [6.45, 7) is 7.03. The third-order valence-electron chi connectivity index (χ3n) is 6.14. The minimum Gasteiger partial charge on any atom is -0.330 e. The zero-order chi connectivity index (χ0) is 27.4. The van der Waals surface area contributed by atoms with Gasteiger partial charge in [0.05, 0.1) is 26.7 Å². The maximum atomic E-state index is 12.5. The minimum absolute atomic E-state index is 0.125. The summed E-state index contributed by atoms with van der Waals surface area (Å²) in [4.78, 5) is 0. The minimum atomic E-state index is -6.51. The summed E-state index contributed by atoms with van der Waals surface area (Å²) in [5.41, 5.74) is -6.89. The van der Waals surface area contributed by atoms with E-state index >= 15 is 0 Å². The number of quaternary nitrogens is 1. The van der Waals surface area contributed by atoms with Crippen LogP contribution >= 0.6 is 0 Å². The number of hydrogen-bond donors (Lipinski definition) is 1.